The van der Waals surface area contributed by atoms with E-state index in [1.165, 1.54) is 0 Å². The molecule has 244 valence electrons. The predicted molar refractivity (Wildman–Crippen MR) is 209 cm³/mol. The largest absolute Gasteiger partial charge is 0.507 e. The van der Waals surface area contributed by atoms with Gasteiger partial charge < -0.3 is 15.3 Å². The molecule has 8 rings (SSSR count). The van der Waals surface area contributed by atoms with Gasteiger partial charge in [-0.2, -0.15) is 0 Å². The van der Waals surface area contributed by atoms with E-state index in [1.807, 2.05) is 188 Å². The number of phenols is 3. The second-order valence-corrected chi connectivity index (χ2v) is 12.6. The van der Waals surface area contributed by atoms with E-state index in [0.717, 1.165) is 44.5 Å². The van der Waals surface area contributed by atoms with Gasteiger partial charge in [-0.05, 0) is 80.9 Å². The van der Waals surface area contributed by atoms with Gasteiger partial charge in [0.2, 0.25) is 0 Å². The first kappa shape index (κ1) is 31.4. The molecule has 8 aromatic carbocycles. The van der Waals surface area contributed by atoms with Crippen LogP contribution in [0.2, 0.25) is 0 Å². The van der Waals surface area contributed by atoms with Gasteiger partial charge in [0, 0.05) is 33.4 Å². The molecule has 0 spiro atoms. The Balaban J connectivity index is 1.44. The molecule has 51 heavy (non-hydrogen) atoms. The summed E-state index contributed by atoms with van der Waals surface area (Å²) in [5, 5.41) is 36.6. The average Bonchev–Trinajstić information content (AvgIpc) is 3.20. The maximum Gasteiger partial charge on any atom is 0.131 e. The van der Waals surface area contributed by atoms with Gasteiger partial charge in [-0.25, -0.2) is 0 Å². The van der Waals surface area contributed by atoms with E-state index in [1.54, 1.807) is 0 Å². The van der Waals surface area contributed by atoms with E-state index >= 15 is 0 Å². The van der Waals surface area contributed by atoms with Crippen molar-refractivity contribution in [3.63, 3.8) is 0 Å². The van der Waals surface area contributed by atoms with Crippen molar-refractivity contribution in [2.75, 3.05) is 0 Å². The minimum absolute atomic E-state index is 0.0475. The van der Waals surface area contributed by atoms with E-state index in [9.17, 15) is 15.3 Å². The van der Waals surface area contributed by atoms with Crippen LogP contribution >= 0.6 is 0 Å². The van der Waals surface area contributed by atoms with Gasteiger partial charge in [0.25, 0.3) is 0 Å². The molecule has 8 aromatic rings. The first-order valence-electron chi connectivity index (χ1n) is 16.9. The highest BCUT2D eigenvalue weighted by Gasteiger charge is 2.23. The van der Waals surface area contributed by atoms with Crippen LogP contribution < -0.4 is 0 Å². The normalized spacial score (nSPS) is 11.0. The number of hydrogen-bond acceptors (Lipinski definition) is 3. The van der Waals surface area contributed by atoms with E-state index in [2.05, 4.69) is 0 Å². The fourth-order valence-corrected chi connectivity index (χ4v) is 6.79. The van der Waals surface area contributed by atoms with Crippen molar-refractivity contribution in [2.45, 2.75) is 0 Å². The molecule has 0 fully saturated rings. The van der Waals surface area contributed by atoms with Crippen LogP contribution in [0.25, 0.3) is 77.9 Å². The van der Waals surface area contributed by atoms with Crippen LogP contribution in [-0.2, 0) is 0 Å². The summed E-state index contributed by atoms with van der Waals surface area (Å²) in [6, 6.07) is 61.3. The Labute approximate surface area is 297 Å². The lowest BCUT2D eigenvalue weighted by atomic mass is 9.86. The Bertz CT molecular complexity index is 2300. The molecular formula is C48H34O3. The van der Waals surface area contributed by atoms with E-state index < -0.39 is 0 Å². The third-order valence-corrected chi connectivity index (χ3v) is 9.40. The molecule has 0 aliphatic carbocycles. The summed E-state index contributed by atoms with van der Waals surface area (Å²) in [6.45, 7) is 0. The second-order valence-electron chi connectivity index (χ2n) is 12.6. The molecule has 0 heterocycles. The molecule has 0 aliphatic heterocycles. The highest BCUT2D eigenvalue weighted by Crippen LogP contribution is 2.51. The lowest BCUT2D eigenvalue weighted by Crippen LogP contribution is -1.93. The Hall–Kier alpha value is -6.84. The predicted octanol–water partition coefficient (Wildman–Crippen LogP) is 12.5. The molecule has 0 radical (unpaired) electrons. The van der Waals surface area contributed by atoms with Crippen molar-refractivity contribution in [1.82, 2.24) is 0 Å². The smallest absolute Gasteiger partial charge is 0.131 e. The van der Waals surface area contributed by atoms with Crippen molar-refractivity contribution in [2.24, 2.45) is 0 Å². The minimum Gasteiger partial charge on any atom is -0.507 e. The molecular weight excluding hydrogens is 625 g/mol. The van der Waals surface area contributed by atoms with Crippen molar-refractivity contribution < 1.29 is 15.3 Å². The van der Waals surface area contributed by atoms with Crippen LogP contribution in [0.1, 0.15) is 0 Å². The SMILES string of the molecule is Oc1c(-c2ccccc2)cc(-c2ccccc2)cc1-c1cc(-c2ccccc2)cc(-c2cc(-c3ccccc3)cc(-c3ccccc3)c2O)c1O. The van der Waals surface area contributed by atoms with Crippen molar-refractivity contribution in [3.05, 3.63) is 188 Å². The molecule has 0 aromatic heterocycles. The fraction of sp³-hybridized carbons (Fsp3) is 0. The molecule has 0 bridgehead atoms. The van der Waals surface area contributed by atoms with Crippen molar-refractivity contribution in [3.8, 4) is 95.1 Å². The standard InChI is InChI=1S/C48H34O3/c49-46-40(35-22-12-4-13-23-35)26-37(32-16-6-1-7-17-32)28-42(46)44-30-39(34-20-10-3-11-21-34)31-45(48(44)51)43-29-38(33-18-8-2-9-19-33)27-41(47(43)50)36-24-14-5-15-25-36/h1-31,49-51H. The molecule has 3 N–H and O–H groups in total. The summed E-state index contributed by atoms with van der Waals surface area (Å²) < 4.78 is 0. The fourth-order valence-electron chi connectivity index (χ4n) is 6.79. The molecule has 0 atom stereocenters. The second kappa shape index (κ2) is 13.6. The van der Waals surface area contributed by atoms with Crippen LogP contribution in [-0.4, -0.2) is 15.3 Å². The molecule has 3 heteroatoms. The van der Waals surface area contributed by atoms with Crippen LogP contribution in [0, 0.1) is 0 Å². The lowest BCUT2D eigenvalue weighted by Gasteiger charge is -2.20. The molecule has 0 saturated heterocycles. The van der Waals surface area contributed by atoms with Crippen LogP contribution in [0.15, 0.2) is 188 Å². The molecule has 3 nitrogen and oxygen atoms in total. The zero-order valence-corrected chi connectivity index (χ0v) is 27.7. The maximum atomic E-state index is 12.4. The highest BCUT2D eigenvalue weighted by atomic mass is 16.3. The number of aromatic hydroxyl groups is 3. The molecule has 0 aliphatic rings. The first-order valence-corrected chi connectivity index (χ1v) is 16.9. The summed E-state index contributed by atoms with van der Waals surface area (Å²) >= 11 is 0. The summed E-state index contributed by atoms with van der Waals surface area (Å²) in [5.41, 5.74) is 10.4. The summed E-state index contributed by atoms with van der Waals surface area (Å²) in [6.07, 6.45) is 0. The summed E-state index contributed by atoms with van der Waals surface area (Å²) in [4.78, 5) is 0. The van der Waals surface area contributed by atoms with Gasteiger partial charge >= 0.3 is 0 Å². The van der Waals surface area contributed by atoms with Crippen molar-refractivity contribution in [1.29, 1.82) is 0 Å². The topological polar surface area (TPSA) is 60.7 Å². The van der Waals surface area contributed by atoms with Gasteiger partial charge in [-0.1, -0.05) is 152 Å². The van der Waals surface area contributed by atoms with E-state index in [-0.39, 0.29) is 17.2 Å². The average molecular weight is 659 g/mol. The zero-order valence-electron chi connectivity index (χ0n) is 27.7. The Morgan fingerprint density at radius 3 is 0.647 bits per heavy atom. The number of hydrogen-bond donors (Lipinski definition) is 3. The van der Waals surface area contributed by atoms with Gasteiger partial charge in [0.1, 0.15) is 17.2 Å². The quantitative estimate of drug-likeness (QED) is 0.160. The van der Waals surface area contributed by atoms with Crippen LogP contribution in [0.3, 0.4) is 0 Å². The monoisotopic (exact) mass is 658 g/mol. The Kier molecular flexibility index (Phi) is 8.37. The summed E-state index contributed by atoms with van der Waals surface area (Å²) in [5.74, 6) is 0.0629. The molecule has 0 amide bonds. The Morgan fingerprint density at radius 1 is 0.196 bits per heavy atom. The van der Waals surface area contributed by atoms with Crippen LogP contribution in [0.4, 0.5) is 0 Å². The van der Waals surface area contributed by atoms with E-state index in [0.29, 0.717) is 33.4 Å². The number of phenolic OH excluding ortho intramolecular Hbond substituents is 3. The third kappa shape index (κ3) is 6.14. The van der Waals surface area contributed by atoms with Gasteiger partial charge in [0.05, 0.1) is 0 Å². The molecule has 0 saturated carbocycles. The summed E-state index contributed by atoms with van der Waals surface area (Å²) in [7, 11) is 0. The van der Waals surface area contributed by atoms with Gasteiger partial charge in [0.15, 0.2) is 0 Å². The number of benzene rings is 8. The Morgan fingerprint density at radius 2 is 0.392 bits per heavy atom. The maximum absolute atomic E-state index is 12.4. The lowest BCUT2D eigenvalue weighted by molar-refractivity contribution is 0.468. The van der Waals surface area contributed by atoms with Gasteiger partial charge in [-0.3, -0.25) is 0 Å². The third-order valence-electron chi connectivity index (χ3n) is 9.40. The van der Waals surface area contributed by atoms with Crippen LogP contribution in [0.5, 0.6) is 17.2 Å². The zero-order chi connectivity index (χ0) is 34.7. The molecule has 0 unspecified atom stereocenters. The first-order chi connectivity index (χ1) is 25.0. The van der Waals surface area contributed by atoms with Crippen molar-refractivity contribution >= 4 is 0 Å². The highest BCUT2D eigenvalue weighted by molar-refractivity contribution is 5.97. The number of rotatable bonds is 7. The minimum atomic E-state index is -0.0475. The van der Waals surface area contributed by atoms with Gasteiger partial charge in [-0.15, -0.1) is 0 Å². The van der Waals surface area contributed by atoms with E-state index in [4.69, 9.17) is 0 Å².